The van der Waals surface area contributed by atoms with Gasteiger partial charge in [-0.3, -0.25) is 0 Å². The van der Waals surface area contributed by atoms with Gasteiger partial charge < -0.3 is 14.7 Å². The standard InChI is InChI=1S/C19H16ClF3N4O2/c1-27(18(28)24-15-4-2-3-13(11-15)19(21,22)23)10-9-16-25-17(29-26-16)12-5-7-14(20)8-6-12/h2-8,11H,9-10H2,1H3,(H,24,28). The number of likely N-dealkylation sites (N-methyl/N-ethyl adjacent to an activating group) is 1. The number of halogens is 4. The van der Waals surface area contributed by atoms with Gasteiger partial charge in [-0.05, 0) is 42.5 Å². The monoisotopic (exact) mass is 424 g/mol. The summed E-state index contributed by atoms with van der Waals surface area (Å²) in [4.78, 5) is 17.8. The third-order valence-corrected chi connectivity index (χ3v) is 4.27. The number of benzene rings is 2. The highest BCUT2D eigenvalue weighted by atomic mass is 35.5. The third-order valence-electron chi connectivity index (χ3n) is 4.02. The molecule has 0 radical (unpaired) electrons. The molecule has 2 amide bonds. The van der Waals surface area contributed by atoms with Crippen molar-refractivity contribution in [2.45, 2.75) is 12.6 Å². The Morgan fingerprint density at radius 3 is 2.62 bits per heavy atom. The summed E-state index contributed by atoms with van der Waals surface area (Å²) in [6.45, 7) is 0.240. The Morgan fingerprint density at radius 1 is 1.21 bits per heavy atom. The van der Waals surface area contributed by atoms with Crippen LogP contribution in [0.25, 0.3) is 11.5 Å². The largest absolute Gasteiger partial charge is 0.416 e. The second-order valence-corrected chi connectivity index (χ2v) is 6.64. The second kappa shape index (κ2) is 8.52. The number of aromatic nitrogens is 2. The van der Waals surface area contributed by atoms with E-state index in [1.165, 1.54) is 24.1 Å². The molecule has 0 unspecified atom stereocenters. The lowest BCUT2D eigenvalue weighted by Crippen LogP contribution is -2.33. The Labute approximate surface area is 169 Å². The van der Waals surface area contributed by atoms with Crippen LogP contribution in [0.3, 0.4) is 0 Å². The Kier molecular flexibility index (Phi) is 6.07. The molecule has 3 aromatic rings. The van der Waals surface area contributed by atoms with Crippen LogP contribution in [0.2, 0.25) is 5.02 Å². The fourth-order valence-electron chi connectivity index (χ4n) is 2.43. The highest BCUT2D eigenvalue weighted by Crippen LogP contribution is 2.30. The minimum atomic E-state index is -4.48. The molecule has 0 aliphatic heterocycles. The maximum absolute atomic E-state index is 12.8. The number of hydrogen-bond donors (Lipinski definition) is 1. The maximum atomic E-state index is 12.8. The number of carbonyl (C=O) groups excluding carboxylic acids is 1. The molecule has 0 atom stereocenters. The van der Waals surface area contributed by atoms with Gasteiger partial charge in [0.15, 0.2) is 5.82 Å². The molecule has 1 N–H and O–H groups in total. The molecule has 29 heavy (non-hydrogen) atoms. The number of urea groups is 1. The Bertz CT molecular complexity index is 990. The summed E-state index contributed by atoms with van der Waals surface area (Å²) < 4.78 is 43.5. The van der Waals surface area contributed by atoms with Crippen molar-refractivity contribution in [1.29, 1.82) is 0 Å². The van der Waals surface area contributed by atoms with Gasteiger partial charge in [0.05, 0.1) is 5.56 Å². The molecule has 0 saturated carbocycles. The molecule has 0 aliphatic rings. The summed E-state index contributed by atoms with van der Waals surface area (Å²) in [6, 6.07) is 10.8. The number of alkyl halides is 3. The van der Waals surface area contributed by atoms with E-state index >= 15 is 0 Å². The van der Waals surface area contributed by atoms with Gasteiger partial charge in [0.25, 0.3) is 5.89 Å². The van der Waals surface area contributed by atoms with Crippen molar-refractivity contribution in [3.8, 4) is 11.5 Å². The van der Waals surface area contributed by atoms with Gasteiger partial charge in [-0.2, -0.15) is 18.2 Å². The molecule has 152 valence electrons. The normalized spacial score (nSPS) is 11.3. The number of amides is 2. The summed E-state index contributed by atoms with van der Waals surface area (Å²) in [7, 11) is 1.52. The van der Waals surface area contributed by atoms with Crippen LogP contribution in [0.1, 0.15) is 11.4 Å². The molecule has 2 aromatic carbocycles. The Balaban J connectivity index is 1.56. The average molecular weight is 425 g/mol. The fourth-order valence-corrected chi connectivity index (χ4v) is 2.55. The van der Waals surface area contributed by atoms with Crippen LogP contribution in [0.15, 0.2) is 53.1 Å². The van der Waals surface area contributed by atoms with Gasteiger partial charge in [0.2, 0.25) is 0 Å². The highest BCUT2D eigenvalue weighted by molar-refractivity contribution is 6.30. The average Bonchev–Trinajstić information content (AvgIpc) is 3.15. The van der Waals surface area contributed by atoms with E-state index in [0.717, 1.165) is 12.1 Å². The van der Waals surface area contributed by atoms with Crippen molar-refractivity contribution in [3.63, 3.8) is 0 Å². The van der Waals surface area contributed by atoms with E-state index in [4.69, 9.17) is 16.1 Å². The summed E-state index contributed by atoms with van der Waals surface area (Å²) in [6.07, 6.45) is -4.17. The zero-order valence-electron chi connectivity index (χ0n) is 15.2. The summed E-state index contributed by atoms with van der Waals surface area (Å²) in [5.41, 5.74) is -0.0652. The van der Waals surface area contributed by atoms with Crippen LogP contribution < -0.4 is 5.32 Å². The van der Waals surface area contributed by atoms with E-state index in [-0.39, 0.29) is 12.2 Å². The maximum Gasteiger partial charge on any atom is 0.416 e. The molecule has 6 nitrogen and oxygen atoms in total. The predicted molar refractivity (Wildman–Crippen MR) is 102 cm³/mol. The number of nitrogens with one attached hydrogen (secondary N) is 1. The van der Waals surface area contributed by atoms with E-state index in [2.05, 4.69) is 15.5 Å². The lowest BCUT2D eigenvalue weighted by Gasteiger charge is -2.17. The van der Waals surface area contributed by atoms with Crippen LogP contribution in [-0.4, -0.2) is 34.7 Å². The third kappa shape index (κ3) is 5.47. The number of carbonyl (C=O) groups is 1. The molecule has 1 aromatic heterocycles. The van der Waals surface area contributed by atoms with E-state index in [1.807, 2.05) is 0 Å². The highest BCUT2D eigenvalue weighted by Gasteiger charge is 2.30. The van der Waals surface area contributed by atoms with Crippen molar-refractivity contribution in [1.82, 2.24) is 15.0 Å². The summed E-state index contributed by atoms with van der Waals surface area (Å²) in [5, 5.41) is 6.89. The SMILES string of the molecule is CN(CCc1noc(-c2ccc(Cl)cc2)n1)C(=O)Nc1cccc(C(F)(F)F)c1. The number of nitrogens with zero attached hydrogens (tertiary/aromatic N) is 3. The first kappa shape index (κ1) is 20.7. The van der Waals surface area contributed by atoms with Crippen LogP contribution in [-0.2, 0) is 12.6 Å². The molecular weight excluding hydrogens is 409 g/mol. The molecule has 0 spiro atoms. The van der Waals surface area contributed by atoms with Gasteiger partial charge in [-0.25, -0.2) is 4.79 Å². The number of rotatable bonds is 5. The minimum Gasteiger partial charge on any atom is -0.334 e. The Morgan fingerprint density at radius 2 is 1.93 bits per heavy atom. The van der Waals surface area contributed by atoms with Crippen LogP contribution in [0, 0.1) is 0 Å². The van der Waals surface area contributed by atoms with Crippen LogP contribution >= 0.6 is 11.6 Å². The van der Waals surface area contributed by atoms with Crippen LogP contribution in [0.5, 0.6) is 0 Å². The first-order chi connectivity index (χ1) is 13.7. The molecule has 0 aliphatic carbocycles. The van der Waals surface area contributed by atoms with Gasteiger partial charge in [0.1, 0.15) is 0 Å². The molecule has 0 fully saturated rings. The first-order valence-corrected chi connectivity index (χ1v) is 8.88. The second-order valence-electron chi connectivity index (χ2n) is 6.20. The van der Waals surface area contributed by atoms with Crippen LogP contribution in [0.4, 0.5) is 23.7 Å². The lowest BCUT2D eigenvalue weighted by atomic mass is 10.2. The molecule has 3 rings (SSSR count). The van der Waals surface area contributed by atoms with Gasteiger partial charge in [-0.15, -0.1) is 0 Å². The van der Waals surface area contributed by atoms with Crippen molar-refractivity contribution in [3.05, 3.63) is 64.9 Å². The topological polar surface area (TPSA) is 71.3 Å². The molecular formula is C19H16ClF3N4O2. The van der Waals surface area contributed by atoms with Crippen molar-refractivity contribution < 1.29 is 22.5 Å². The van der Waals surface area contributed by atoms with Crippen molar-refractivity contribution >= 4 is 23.3 Å². The molecule has 0 bridgehead atoms. The smallest absolute Gasteiger partial charge is 0.334 e. The quantitative estimate of drug-likeness (QED) is 0.617. The zero-order valence-corrected chi connectivity index (χ0v) is 16.0. The molecule has 0 saturated heterocycles. The molecule has 10 heteroatoms. The van der Waals surface area contributed by atoms with Gasteiger partial charge in [0, 0.05) is 36.3 Å². The van der Waals surface area contributed by atoms with E-state index in [1.54, 1.807) is 24.3 Å². The van der Waals surface area contributed by atoms with E-state index < -0.39 is 17.8 Å². The van der Waals surface area contributed by atoms with E-state index in [0.29, 0.717) is 28.7 Å². The lowest BCUT2D eigenvalue weighted by molar-refractivity contribution is -0.137. The summed E-state index contributed by atoms with van der Waals surface area (Å²) in [5.74, 6) is 0.724. The number of anilines is 1. The van der Waals surface area contributed by atoms with Gasteiger partial charge in [-0.1, -0.05) is 22.8 Å². The van der Waals surface area contributed by atoms with E-state index in [9.17, 15) is 18.0 Å². The summed E-state index contributed by atoms with van der Waals surface area (Å²) >= 11 is 5.84. The van der Waals surface area contributed by atoms with Gasteiger partial charge >= 0.3 is 12.2 Å². The fraction of sp³-hybridized carbons (Fsp3) is 0.211. The predicted octanol–water partition coefficient (Wildman–Crippen LogP) is 5.12. The minimum absolute atomic E-state index is 0.0567. The Hall–Kier alpha value is -3.07. The van der Waals surface area contributed by atoms with Crippen molar-refractivity contribution in [2.24, 2.45) is 0 Å². The number of hydrogen-bond acceptors (Lipinski definition) is 4. The molecule has 1 heterocycles. The first-order valence-electron chi connectivity index (χ1n) is 8.50. The van der Waals surface area contributed by atoms with Crippen molar-refractivity contribution in [2.75, 3.05) is 18.9 Å². The zero-order chi connectivity index (χ0) is 21.0.